The maximum Gasteiger partial charge on any atom is 0.272 e. The molecule has 4 aromatic rings. The largest absolute Gasteiger partial charge is 0.463 e. The summed E-state index contributed by atoms with van der Waals surface area (Å²) in [5.41, 5.74) is 2.54. The van der Waals surface area contributed by atoms with Crippen molar-refractivity contribution >= 4 is 17.2 Å². The van der Waals surface area contributed by atoms with Gasteiger partial charge in [0.15, 0.2) is 11.5 Å². The van der Waals surface area contributed by atoms with E-state index in [4.69, 9.17) is 4.42 Å². The Bertz CT molecular complexity index is 939. The molecule has 0 fully saturated rings. The number of carbonyl (C=O) groups is 1. The van der Waals surface area contributed by atoms with E-state index < -0.39 is 0 Å². The smallest absolute Gasteiger partial charge is 0.272 e. The van der Waals surface area contributed by atoms with Gasteiger partial charge < -0.3 is 9.73 Å². The topological polar surface area (TPSA) is 102 Å². The number of nitrogens with one attached hydrogen (secondary N) is 2. The van der Waals surface area contributed by atoms with E-state index in [9.17, 15) is 4.79 Å². The Morgan fingerprint density at radius 2 is 2.38 bits per heavy atom. The van der Waals surface area contributed by atoms with Crippen molar-refractivity contribution in [2.75, 3.05) is 0 Å². The molecular weight excluding hydrogens is 328 g/mol. The number of rotatable bonds is 5. The van der Waals surface area contributed by atoms with Gasteiger partial charge in [0.05, 0.1) is 24.7 Å². The standard InChI is InChI=1S/C15H12N6O2S/c22-15(13-6-12(18-19-13)14-2-1-4-23-14)16-7-10-8-21(20-17-10)11-3-5-24-9-11/h1-6,8-9H,7H2,(H,16,22)(H,18,19). The van der Waals surface area contributed by atoms with Gasteiger partial charge in [0.1, 0.15) is 11.4 Å². The van der Waals surface area contributed by atoms with Crippen LogP contribution in [0, 0.1) is 0 Å². The molecule has 0 saturated carbocycles. The predicted molar refractivity (Wildman–Crippen MR) is 86.7 cm³/mol. The fraction of sp³-hybridized carbons (Fsp3) is 0.0667. The Balaban J connectivity index is 1.40. The van der Waals surface area contributed by atoms with Crippen LogP contribution in [0.5, 0.6) is 0 Å². The van der Waals surface area contributed by atoms with E-state index >= 15 is 0 Å². The highest BCUT2D eigenvalue weighted by atomic mass is 32.1. The number of hydrogen-bond donors (Lipinski definition) is 2. The molecule has 1 amide bonds. The van der Waals surface area contributed by atoms with Crippen LogP contribution in [-0.4, -0.2) is 31.1 Å². The lowest BCUT2D eigenvalue weighted by Crippen LogP contribution is -2.23. The number of aromatic nitrogens is 5. The summed E-state index contributed by atoms with van der Waals surface area (Å²) in [7, 11) is 0. The zero-order chi connectivity index (χ0) is 16.4. The summed E-state index contributed by atoms with van der Waals surface area (Å²) >= 11 is 1.58. The molecule has 2 N–H and O–H groups in total. The van der Waals surface area contributed by atoms with Crippen LogP contribution in [0.3, 0.4) is 0 Å². The summed E-state index contributed by atoms with van der Waals surface area (Å²) in [6.45, 7) is 0.270. The molecule has 4 rings (SSSR count). The van der Waals surface area contributed by atoms with E-state index in [0.29, 0.717) is 17.1 Å². The second-order valence-corrected chi connectivity index (χ2v) is 5.74. The lowest BCUT2D eigenvalue weighted by atomic mass is 10.3. The van der Waals surface area contributed by atoms with Crippen molar-refractivity contribution < 1.29 is 9.21 Å². The first-order valence-electron chi connectivity index (χ1n) is 7.11. The molecule has 0 unspecified atom stereocenters. The minimum atomic E-state index is -0.297. The maximum absolute atomic E-state index is 12.2. The highest BCUT2D eigenvalue weighted by Gasteiger charge is 2.13. The molecule has 0 bridgehead atoms. The summed E-state index contributed by atoms with van der Waals surface area (Å²) in [5.74, 6) is 0.328. The van der Waals surface area contributed by atoms with Crippen LogP contribution in [0.1, 0.15) is 16.2 Å². The van der Waals surface area contributed by atoms with E-state index in [2.05, 4.69) is 25.8 Å². The number of thiophene rings is 1. The van der Waals surface area contributed by atoms with E-state index in [1.165, 1.54) is 0 Å². The van der Waals surface area contributed by atoms with Gasteiger partial charge in [0, 0.05) is 11.4 Å². The third kappa shape index (κ3) is 2.84. The third-order valence-electron chi connectivity index (χ3n) is 3.34. The highest BCUT2D eigenvalue weighted by molar-refractivity contribution is 7.08. The molecule has 0 aliphatic rings. The first kappa shape index (κ1) is 14.4. The molecule has 0 saturated heterocycles. The Morgan fingerprint density at radius 3 is 3.17 bits per heavy atom. The Morgan fingerprint density at radius 1 is 1.42 bits per heavy atom. The van der Waals surface area contributed by atoms with Crippen LogP contribution in [-0.2, 0) is 6.54 Å². The fourth-order valence-electron chi connectivity index (χ4n) is 2.15. The lowest BCUT2D eigenvalue weighted by molar-refractivity contribution is 0.0945. The average Bonchev–Trinajstić information content (AvgIpc) is 3.40. The normalized spacial score (nSPS) is 10.8. The van der Waals surface area contributed by atoms with Crippen LogP contribution in [0.2, 0.25) is 0 Å². The van der Waals surface area contributed by atoms with Crippen LogP contribution in [0.4, 0.5) is 0 Å². The molecule has 0 aromatic carbocycles. The summed E-state index contributed by atoms with van der Waals surface area (Å²) in [5, 5.41) is 21.5. The van der Waals surface area contributed by atoms with Crippen LogP contribution in [0.25, 0.3) is 17.1 Å². The third-order valence-corrected chi connectivity index (χ3v) is 4.01. The summed E-state index contributed by atoms with van der Waals surface area (Å²) in [4.78, 5) is 12.2. The molecule has 4 heterocycles. The van der Waals surface area contributed by atoms with Crippen molar-refractivity contribution in [3.63, 3.8) is 0 Å². The molecule has 120 valence electrons. The number of hydrogen-bond acceptors (Lipinski definition) is 6. The predicted octanol–water partition coefficient (Wildman–Crippen LogP) is 2.24. The van der Waals surface area contributed by atoms with Gasteiger partial charge in [-0.25, -0.2) is 4.68 Å². The summed E-state index contributed by atoms with van der Waals surface area (Å²) in [6.07, 6.45) is 3.34. The first-order chi connectivity index (χ1) is 11.8. The van der Waals surface area contributed by atoms with E-state index in [1.54, 1.807) is 46.7 Å². The van der Waals surface area contributed by atoms with Gasteiger partial charge in [-0.1, -0.05) is 5.21 Å². The molecule has 0 aliphatic carbocycles. The number of amides is 1. The minimum Gasteiger partial charge on any atom is -0.463 e. The molecule has 0 aliphatic heterocycles. The molecule has 9 heteroatoms. The molecule has 0 spiro atoms. The van der Waals surface area contributed by atoms with E-state index in [1.807, 2.05) is 16.8 Å². The van der Waals surface area contributed by atoms with Crippen LogP contribution < -0.4 is 5.32 Å². The first-order valence-corrected chi connectivity index (χ1v) is 8.05. The van der Waals surface area contributed by atoms with Gasteiger partial charge >= 0.3 is 0 Å². The zero-order valence-corrected chi connectivity index (χ0v) is 13.2. The molecule has 4 aromatic heterocycles. The monoisotopic (exact) mass is 340 g/mol. The Labute approximate surface area is 140 Å². The van der Waals surface area contributed by atoms with Crippen molar-refractivity contribution in [2.24, 2.45) is 0 Å². The number of nitrogens with zero attached hydrogens (tertiary/aromatic N) is 4. The summed E-state index contributed by atoms with van der Waals surface area (Å²) < 4.78 is 6.93. The van der Waals surface area contributed by atoms with Crippen LogP contribution in [0.15, 0.2) is 51.9 Å². The van der Waals surface area contributed by atoms with E-state index in [0.717, 1.165) is 5.69 Å². The maximum atomic E-state index is 12.2. The van der Waals surface area contributed by atoms with Crippen molar-refractivity contribution in [1.82, 2.24) is 30.5 Å². The second-order valence-electron chi connectivity index (χ2n) is 4.96. The quantitative estimate of drug-likeness (QED) is 0.580. The minimum absolute atomic E-state index is 0.270. The van der Waals surface area contributed by atoms with Gasteiger partial charge in [-0.2, -0.15) is 16.4 Å². The SMILES string of the molecule is O=C(NCc1cn(-c2ccsc2)nn1)c1cc(-c2ccco2)[nH]n1. The van der Waals surface area contributed by atoms with Gasteiger partial charge in [-0.15, -0.1) is 5.10 Å². The average molecular weight is 340 g/mol. The van der Waals surface area contributed by atoms with Crippen LogP contribution >= 0.6 is 11.3 Å². The van der Waals surface area contributed by atoms with Gasteiger partial charge in [0.2, 0.25) is 0 Å². The van der Waals surface area contributed by atoms with Gasteiger partial charge in [0.25, 0.3) is 5.91 Å². The number of H-pyrrole nitrogens is 1. The number of aromatic amines is 1. The number of furan rings is 1. The zero-order valence-electron chi connectivity index (χ0n) is 12.3. The highest BCUT2D eigenvalue weighted by Crippen LogP contribution is 2.17. The second kappa shape index (κ2) is 6.13. The lowest BCUT2D eigenvalue weighted by Gasteiger charge is -1.98. The molecule has 8 nitrogen and oxygen atoms in total. The Kier molecular flexibility index (Phi) is 3.67. The molecule has 0 atom stereocenters. The van der Waals surface area contributed by atoms with Crippen molar-refractivity contribution in [1.29, 1.82) is 0 Å². The number of carbonyl (C=O) groups excluding carboxylic acids is 1. The molecular formula is C15H12N6O2S. The molecule has 0 radical (unpaired) electrons. The summed E-state index contributed by atoms with van der Waals surface area (Å²) in [6, 6.07) is 7.14. The van der Waals surface area contributed by atoms with Crippen molar-refractivity contribution in [3.8, 4) is 17.1 Å². The molecule has 24 heavy (non-hydrogen) atoms. The fourth-order valence-corrected chi connectivity index (χ4v) is 2.77. The Hall–Kier alpha value is -3.20. The van der Waals surface area contributed by atoms with E-state index in [-0.39, 0.29) is 18.1 Å². The van der Waals surface area contributed by atoms with Crippen molar-refractivity contribution in [2.45, 2.75) is 6.54 Å². The van der Waals surface area contributed by atoms with Gasteiger partial charge in [-0.05, 0) is 23.6 Å². The van der Waals surface area contributed by atoms with Gasteiger partial charge in [-0.3, -0.25) is 9.89 Å². The van der Waals surface area contributed by atoms with Crippen molar-refractivity contribution in [3.05, 3.63) is 58.9 Å².